The van der Waals surface area contributed by atoms with E-state index >= 15 is 0 Å². The van der Waals surface area contributed by atoms with Crippen LogP contribution in [0.15, 0.2) is 24.3 Å². The molecule has 0 heterocycles. The molecule has 0 aliphatic heterocycles. The summed E-state index contributed by atoms with van der Waals surface area (Å²) < 4.78 is 21.9. The Morgan fingerprint density at radius 2 is 1.94 bits per heavy atom. The zero-order chi connectivity index (χ0) is 13.2. The Hall–Kier alpha value is -1.07. The summed E-state index contributed by atoms with van der Waals surface area (Å²) in [6.45, 7) is 2.19. The molecule has 4 nitrogen and oxygen atoms in total. The standard InChI is InChI=1S/C13H20N2O2S/c1-2-13(11-5-6-11)15-12-7-3-10(4-8-12)9-18(14,16)17/h3-4,7-8,11,13,15H,2,5-6,9H2,1H3,(H2,14,16,17). The Labute approximate surface area is 109 Å². The van der Waals surface area contributed by atoms with Crippen LogP contribution < -0.4 is 10.5 Å². The number of nitrogens with one attached hydrogen (secondary N) is 1. The summed E-state index contributed by atoms with van der Waals surface area (Å²) in [4.78, 5) is 0. The van der Waals surface area contributed by atoms with E-state index in [0.29, 0.717) is 6.04 Å². The van der Waals surface area contributed by atoms with Gasteiger partial charge in [0.25, 0.3) is 0 Å². The van der Waals surface area contributed by atoms with Crippen LogP contribution >= 0.6 is 0 Å². The molecule has 0 radical (unpaired) electrons. The lowest BCUT2D eigenvalue weighted by Gasteiger charge is -2.17. The molecule has 0 saturated heterocycles. The van der Waals surface area contributed by atoms with E-state index in [-0.39, 0.29) is 5.75 Å². The van der Waals surface area contributed by atoms with Gasteiger partial charge in [0.15, 0.2) is 0 Å². The number of sulfonamides is 1. The van der Waals surface area contributed by atoms with Gasteiger partial charge in [0, 0.05) is 11.7 Å². The van der Waals surface area contributed by atoms with Crippen LogP contribution in [0.25, 0.3) is 0 Å². The minimum Gasteiger partial charge on any atom is -0.382 e. The second-order valence-corrected chi connectivity index (χ2v) is 6.62. The van der Waals surface area contributed by atoms with E-state index in [2.05, 4.69) is 12.2 Å². The fourth-order valence-electron chi connectivity index (χ4n) is 2.20. The van der Waals surface area contributed by atoms with Crippen molar-refractivity contribution >= 4 is 15.7 Å². The summed E-state index contributed by atoms with van der Waals surface area (Å²) in [6, 6.07) is 8.00. The van der Waals surface area contributed by atoms with Gasteiger partial charge < -0.3 is 5.32 Å². The maximum atomic E-state index is 11.0. The fourth-order valence-corrected chi connectivity index (χ4v) is 2.85. The van der Waals surface area contributed by atoms with Crippen LogP contribution in [0.5, 0.6) is 0 Å². The van der Waals surface area contributed by atoms with Gasteiger partial charge in [-0.3, -0.25) is 0 Å². The van der Waals surface area contributed by atoms with E-state index in [0.717, 1.165) is 23.6 Å². The molecule has 5 heteroatoms. The van der Waals surface area contributed by atoms with Crippen molar-refractivity contribution in [1.29, 1.82) is 0 Å². The zero-order valence-corrected chi connectivity index (χ0v) is 11.4. The summed E-state index contributed by atoms with van der Waals surface area (Å²) in [7, 11) is -3.44. The van der Waals surface area contributed by atoms with Crippen molar-refractivity contribution in [3.8, 4) is 0 Å². The molecule has 1 saturated carbocycles. The molecule has 100 valence electrons. The van der Waals surface area contributed by atoms with Gasteiger partial charge >= 0.3 is 0 Å². The molecule has 0 bridgehead atoms. The number of hydrogen-bond acceptors (Lipinski definition) is 3. The highest BCUT2D eigenvalue weighted by molar-refractivity contribution is 7.88. The van der Waals surface area contributed by atoms with Crippen LogP contribution in [0.3, 0.4) is 0 Å². The van der Waals surface area contributed by atoms with Crippen LogP contribution in [0, 0.1) is 5.92 Å². The Bertz CT molecular complexity index is 492. The monoisotopic (exact) mass is 268 g/mol. The third kappa shape index (κ3) is 3.99. The normalized spacial score (nSPS) is 17.4. The zero-order valence-electron chi connectivity index (χ0n) is 10.6. The second-order valence-electron chi connectivity index (χ2n) is 5.00. The lowest BCUT2D eigenvalue weighted by atomic mass is 10.1. The highest BCUT2D eigenvalue weighted by atomic mass is 32.2. The average Bonchev–Trinajstić information content (AvgIpc) is 3.10. The quantitative estimate of drug-likeness (QED) is 0.829. The van der Waals surface area contributed by atoms with E-state index in [1.165, 1.54) is 12.8 Å². The molecule has 0 amide bonds. The first-order chi connectivity index (χ1) is 8.48. The van der Waals surface area contributed by atoms with Gasteiger partial charge in [-0.25, -0.2) is 13.6 Å². The fraction of sp³-hybridized carbons (Fsp3) is 0.538. The number of hydrogen-bond donors (Lipinski definition) is 2. The lowest BCUT2D eigenvalue weighted by molar-refractivity contribution is 0.597. The highest BCUT2D eigenvalue weighted by Gasteiger charge is 2.29. The molecule has 3 N–H and O–H groups in total. The Balaban J connectivity index is 1.98. The van der Waals surface area contributed by atoms with E-state index in [4.69, 9.17) is 5.14 Å². The minimum absolute atomic E-state index is 0.104. The molecule has 18 heavy (non-hydrogen) atoms. The molecule has 1 unspecified atom stereocenters. The van der Waals surface area contributed by atoms with Crippen LogP contribution in [0.2, 0.25) is 0 Å². The van der Waals surface area contributed by atoms with Gasteiger partial charge in [-0.2, -0.15) is 0 Å². The molecule has 0 aromatic heterocycles. The summed E-state index contributed by atoms with van der Waals surface area (Å²) in [5.41, 5.74) is 1.77. The SMILES string of the molecule is CCC(Nc1ccc(CS(N)(=O)=O)cc1)C1CC1. The van der Waals surface area contributed by atoms with Gasteiger partial charge in [0.05, 0.1) is 5.75 Å². The molecule has 1 aliphatic rings. The smallest absolute Gasteiger partial charge is 0.213 e. The first-order valence-electron chi connectivity index (χ1n) is 6.34. The number of nitrogens with two attached hydrogens (primary N) is 1. The third-order valence-electron chi connectivity index (χ3n) is 3.30. The summed E-state index contributed by atoms with van der Waals surface area (Å²) >= 11 is 0. The van der Waals surface area contributed by atoms with Crippen molar-refractivity contribution in [1.82, 2.24) is 0 Å². The Kier molecular flexibility index (Phi) is 3.92. The number of benzene rings is 1. The van der Waals surface area contributed by atoms with Crippen molar-refractivity contribution in [3.05, 3.63) is 29.8 Å². The molecule has 1 aromatic rings. The minimum atomic E-state index is -3.44. The predicted octanol–water partition coefficient (Wildman–Crippen LogP) is 2.08. The molecule has 1 aromatic carbocycles. The van der Waals surface area contributed by atoms with Crippen molar-refractivity contribution in [2.45, 2.75) is 38.0 Å². The molecule has 1 aliphatic carbocycles. The van der Waals surface area contributed by atoms with Crippen LogP contribution in [-0.2, 0) is 15.8 Å². The van der Waals surface area contributed by atoms with Crippen LogP contribution in [-0.4, -0.2) is 14.5 Å². The van der Waals surface area contributed by atoms with E-state index in [1.807, 2.05) is 24.3 Å². The Morgan fingerprint density at radius 1 is 1.33 bits per heavy atom. The van der Waals surface area contributed by atoms with E-state index in [1.54, 1.807) is 0 Å². The van der Waals surface area contributed by atoms with Crippen LogP contribution in [0.4, 0.5) is 5.69 Å². The first-order valence-corrected chi connectivity index (χ1v) is 8.05. The summed E-state index contributed by atoms with van der Waals surface area (Å²) in [5, 5.41) is 8.51. The number of anilines is 1. The first kappa shape index (κ1) is 13.4. The average molecular weight is 268 g/mol. The highest BCUT2D eigenvalue weighted by Crippen LogP contribution is 2.35. The lowest BCUT2D eigenvalue weighted by Crippen LogP contribution is -2.20. The summed E-state index contributed by atoms with van der Waals surface area (Å²) in [5.74, 6) is 0.701. The van der Waals surface area contributed by atoms with Crippen molar-refractivity contribution < 1.29 is 8.42 Å². The maximum absolute atomic E-state index is 11.0. The van der Waals surface area contributed by atoms with E-state index in [9.17, 15) is 8.42 Å². The van der Waals surface area contributed by atoms with E-state index < -0.39 is 10.0 Å². The predicted molar refractivity (Wildman–Crippen MR) is 73.7 cm³/mol. The maximum Gasteiger partial charge on any atom is 0.213 e. The van der Waals surface area contributed by atoms with Gasteiger partial charge in [0.1, 0.15) is 0 Å². The van der Waals surface area contributed by atoms with Crippen molar-refractivity contribution in [3.63, 3.8) is 0 Å². The van der Waals surface area contributed by atoms with Gasteiger partial charge in [0.2, 0.25) is 10.0 Å². The van der Waals surface area contributed by atoms with Gasteiger partial charge in [-0.15, -0.1) is 0 Å². The number of rotatable bonds is 6. The van der Waals surface area contributed by atoms with Crippen molar-refractivity contribution in [2.75, 3.05) is 5.32 Å². The largest absolute Gasteiger partial charge is 0.382 e. The topological polar surface area (TPSA) is 72.2 Å². The summed E-state index contributed by atoms with van der Waals surface area (Å²) in [6.07, 6.45) is 3.74. The molecule has 0 spiro atoms. The van der Waals surface area contributed by atoms with Crippen molar-refractivity contribution in [2.24, 2.45) is 11.1 Å². The molecule has 2 rings (SSSR count). The second kappa shape index (κ2) is 5.28. The van der Waals surface area contributed by atoms with Gasteiger partial charge in [-0.1, -0.05) is 19.1 Å². The van der Waals surface area contributed by atoms with Gasteiger partial charge in [-0.05, 0) is 42.9 Å². The molecular formula is C13H20N2O2S. The van der Waals surface area contributed by atoms with Crippen LogP contribution in [0.1, 0.15) is 31.7 Å². The molecule has 1 atom stereocenters. The number of primary sulfonamides is 1. The third-order valence-corrected chi connectivity index (χ3v) is 4.04. The Morgan fingerprint density at radius 3 is 2.39 bits per heavy atom. The molecule has 1 fully saturated rings. The molecular weight excluding hydrogens is 248 g/mol.